The number of nitro benzene ring substituents is 1. The fourth-order valence-electron chi connectivity index (χ4n) is 1.63. The van der Waals surface area contributed by atoms with Gasteiger partial charge in [0, 0.05) is 11.6 Å². The van der Waals surface area contributed by atoms with Crippen LogP contribution in [0.4, 0.5) is 5.69 Å². The van der Waals surface area contributed by atoms with Crippen LogP contribution in [0.1, 0.15) is 10.4 Å². The highest BCUT2D eigenvalue weighted by atomic mass is 35.5. The van der Waals surface area contributed by atoms with E-state index in [1.165, 1.54) is 36.4 Å². The van der Waals surface area contributed by atoms with Crippen LogP contribution in [-0.2, 0) is 0 Å². The standard InChI is InChI=1S/C14H9Cl2NO4/c15-10-6-5-9(7-11(10)16)13(18)8-21-14-4-2-1-3-12(14)17(19)20/h1-7H,8H2. The molecule has 21 heavy (non-hydrogen) atoms. The highest BCUT2D eigenvalue weighted by molar-refractivity contribution is 6.42. The molecule has 0 spiro atoms. The number of para-hydroxylation sites is 2. The van der Waals surface area contributed by atoms with E-state index in [-0.39, 0.29) is 28.8 Å². The lowest BCUT2D eigenvalue weighted by Gasteiger charge is -2.06. The van der Waals surface area contributed by atoms with Gasteiger partial charge < -0.3 is 4.74 Å². The second-order valence-electron chi connectivity index (χ2n) is 4.07. The van der Waals surface area contributed by atoms with E-state index in [0.717, 1.165) is 0 Å². The van der Waals surface area contributed by atoms with Crippen LogP contribution in [0.15, 0.2) is 42.5 Å². The lowest BCUT2D eigenvalue weighted by Crippen LogP contribution is -2.12. The fraction of sp³-hybridized carbons (Fsp3) is 0.0714. The van der Waals surface area contributed by atoms with Gasteiger partial charge in [-0.3, -0.25) is 14.9 Å². The van der Waals surface area contributed by atoms with E-state index in [1.807, 2.05) is 0 Å². The first kappa shape index (κ1) is 15.3. The Bertz CT molecular complexity index is 703. The molecule has 0 bridgehead atoms. The zero-order valence-corrected chi connectivity index (χ0v) is 12.1. The molecule has 7 heteroatoms. The summed E-state index contributed by atoms with van der Waals surface area (Å²) in [6.45, 7) is -0.331. The number of ketones is 1. The summed E-state index contributed by atoms with van der Waals surface area (Å²) in [7, 11) is 0. The lowest BCUT2D eigenvalue weighted by atomic mass is 10.1. The van der Waals surface area contributed by atoms with Gasteiger partial charge in [0.15, 0.2) is 18.1 Å². The smallest absolute Gasteiger partial charge is 0.310 e. The quantitative estimate of drug-likeness (QED) is 0.470. The van der Waals surface area contributed by atoms with Gasteiger partial charge in [-0.2, -0.15) is 0 Å². The number of hydrogen-bond donors (Lipinski definition) is 0. The van der Waals surface area contributed by atoms with Gasteiger partial charge in [-0.25, -0.2) is 0 Å². The molecule has 0 saturated heterocycles. The molecular formula is C14H9Cl2NO4. The van der Waals surface area contributed by atoms with Crippen LogP contribution in [0, 0.1) is 10.1 Å². The largest absolute Gasteiger partial charge is 0.478 e. The maximum absolute atomic E-state index is 12.0. The molecule has 0 aromatic heterocycles. The Morgan fingerprint density at radius 1 is 1.14 bits per heavy atom. The minimum absolute atomic E-state index is 0.0379. The summed E-state index contributed by atoms with van der Waals surface area (Å²) in [5.74, 6) is -0.317. The van der Waals surface area contributed by atoms with E-state index in [1.54, 1.807) is 6.07 Å². The van der Waals surface area contributed by atoms with Crippen molar-refractivity contribution in [1.29, 1.82) is 0 Å². The minimum Gasteiger partial charge on any atom is -0.478 e. The van der Waals surface area contributed by atoms with Crippen LogP contribution in [0.5, 0.6) is 5.75 Å². The summed E-state index contributed by atoms with van der Waals surface area (Å²) in [5.41, 5.74) is 0.127. The van der Waals surface area contributed by atoms with Crippen molar-refractivity contribution in [3.8, 4) is 5.75 Å². The van der Waals surface area contributed by atoms with Crippen LogP contribution in [0.3, 0.4) is 0 Å². The van der Waals surface area contributed by atoms with E-state index < -0.39 is 4.92 Å². The Kier molecular flexibility index (Phi) is 4.77. The van der Waals surface area contributed by atoms with Gasteiger partial charge in [-0.15, -0.1) is 0 Å². The number of halogens is 2. The third-order valence-electron chi connectivity index (χ3n) is 2.66. The molecule has 5 nitrogen and oxygen atoms in total. The summed E-state index contributed by atoms with van der Waals surface area (Å²) in [4.78, 5) is 22.2. The first-order chi connectivity index (χ1) is 9.99. The van der Waals surface area contributed by atoms with E-state index in [4.69, 9.17) is 27.9 Å². The Balaban J connectivity index is 2.11. The molecule has 0 N–H and O–H groups in total. The molecule has 0 unspecified atom stereocenters. The molecule has 0 atom stereocenters. The molecule has 0 aliphatic heterocycles. The molecule has 2 rings (SSSR count). The maximum Gasteiger partial charge on any atom is 0.310 e. The van der Waals surface area contributed by atoms with E-state index in [9.17, 15) is 14.9 Å². The van der Waals surface area contributed by atoms with Gasteiger partial charge in [-0.05, 0) is 24.3 Å². The lowest BCUT2D eigenvalue weighted by molar-refractivity contribution is -0.385. The molecule has 0 heterocycles. The third-order valence-corrected chi connectivity index (χ3v) is 3.40. The van der Waals surface area contributed by atoms with Crippen molar-refractivity contribution in [2.45, 2.75) is 0 Å². The van der Waals surface area contributed by atoms with Gasteiger partial charge >= 0.3 is 5.69 Å². The maximum atomic E-state index is 12.0. The number of carbonyl (C=O) groups is 1. The number of hydrogen-bond acceptors (Lipinski definition) is 4. The van der Waals surface area contributed by atoms with Gasteiger partial charge in [0.25, 0.3) is 0 Å². The van der Waals surface area contributed by atoms with Gasteiger partial charge in [0.2, 0.25) is 0 Å². The molecule has 2 aromatic rings. The van der Waals surface area contributed by atoms with Crippen molar-refractivity contribution in [2.24, 2.45) is 0 Å². The second-order valence-corrected chi connectivity index (χ2v) is 4.88. The average Bonchev–Trinajstić information content (AvgIpc) is 2.47. The van der Waals surface area contributed by atoms with Crippen molar-refractivity contribution >= 4 is 34.7 Å². The molecule has 0 fully saturated rings. The fourth-order valence-corrected chi connectivity index (χ4v) is 1.92. The van der Waals surface area contributed by atoms with Crippen molar-refractivity contribution in [3.05, 3.63) is 68.2 Å². The molecule has 2 aromatic carbocycles. The van der Waals surface area contributed by atoms with Crippen LogP contribution in [0.25, 0.3) is 0 Å². The summed E-state index contributed by atoms with van der Waals surface area (Å²) in [5, 5.41) is 11.4. The summed E-state index contributed by atoms with van der Waals surface area (Å²) in [6, 6.07) is 10.3. The predicted octanol–water partition coefficient (Wildman–Crippen LogP) is 4.16. The van der Waals surface area contributed by atoms with Gasteiger partial charge in [0.1, 0.15) is 0 Å². The first-order valence-electron chi connectivity index (χ1n) is 5.83. The molecular weight excluding hydrogens is 317 g/mol. The highest BCUT2D eigenvalue weighted by Gasteiger charge is 2.16. The zero-order valence-electron chi connectivity index (χ0n) is 10.6. The van der Waals surface area contributed by atoms with Gasteiger partial charge in [0.05, 0.1) is 15.0 Å². The Hall–Kier alpha value is -2.11. The van der Waals surface area contributed by atoms with Crippen molar-refractivity contribution in [3.63, 3.8) is 0 Å². The number of rotatable bonds is 5. The van der Waals surface area contributed by atoms with Gasteiger partial charge in [-0.1, -0.05) is 35.3 Å². The first-order valence-corrected chi connectivity index (χ1v) is 6.59. The summed E-state index contributed by atoms with van der Waals surface area (Å²) >= 11 is 11.6. The number of benzene rings is 2. The Labute approximate surface area is 130 Å². The van der Waals surface area contributed by atoms with Crippen molar-refractivity contribution in [1.82, 2.24) is 0 Å². The molecule has 0 amide bonds. The summed E-state index contributed by atoms with van der Waals surface area (Å²) in [6.07, 6.45) is 0. The number of carbonyl (C=O) groups excluding carboxylic acids is 1. The van der Waals surface area contributed by atoms with Crippen LogP contribution in [0.2, 0.25) is 10.0 Å². The molecule has 108 valence electrons. The highest BCUT2D eigenvalue weighted by Crippen LogP contribution is 2.26. The van der Waals surface area contributed by atoms with Crippen LogP contribution in [-0.4, -0.2) is 17.3 Å². The van der Waals surface area contributed by atoms with Crippen molar-refractivity contribution in [2.75, 3.05) is 6.61 Å². The predicted molar refractivity (Wildman–Crippen MR) is 79.4 cm³/mol. The van der Waals surface area contributed by atoms with E-state index in [2.05, 4.69) is 0 Å². The van der Waals surface area contributed by atoms with E-state index in [0.29, 0.717) is 10.6 Å². The Morgan fingerprint density at radius 2 is 1.86 bits per heavy atom. The Morgan fingerprint density at radius 3 is 2.52 bits per heavy atom. The third kappa shape index (κ3) is 3.71. The number of nitro groups is 1. The minimum atomic E-state index is -0.570. The molecule has 0 aliphatic carbocycles. The average molecular weight is 326 g/mol. The van der Waals surface area contributed by atoms with Crippen molar-refractivity contribution < 1.29 is 14.5 Å². The van der Waals surface area contributed by atoms with Crippen LogP contribution >= 0.6 is 23.2 Å². The molecule has 0 aliphatic rings. The summed E-state index contributed by atoms with van der Waals surface area (Å²) < 4.78 is 5.22. The zero-order chi connectivity index (χ0) is 15.4. The molecule has 0 saturated carbocycles. The SMILES string of the molecule is O=C(COc1ccccc1[N+](=O)[O-])c1ccc(Cl)c(Cl)c1. The topological polar surface area (TPSA) is 69.4 Å². The monoisotopic (exact) mass is 325 g/mol. The van der Waals surface area contributed by atoms with Crippen LogP contribution < -0.4 is 4.74 Å². The number of nitrogens with zero attached hydrogens (tertiary/aromatic N) is 1. The molecule has 0 radical (unpaired) electrons. The second kappa shape index (κ2) is 6.56. The number of ether oxygens (including phenoxy) is 1. The van der Waals surface area contributed by atoms with E-state index >= 15 is 0 Å². The number of Topliss-reactive ketones (excluding diaryl/α,β-unsaturated/α-hetero) is 1. The normalized spacial score (nSPS) is 10.2.